The zero-order chi connectivity index (χ0) is 4.99. The molecule has 0 bridgehead atoms. The molecule has 0 fully saturated rings. The van der Waals surface area contributed by atoms with Crippen LogP contribution in [0.5, 0.6) is 0 Å². The molecule has 0 aromatic carbocycles. The van der Waals surface area contributed by atoms with Gasteiger partial charge in [0.05, 0.1) is 0 Å². The molecule has 0 heterocycles. The van der Waals surface area contributed by atoms with Gasteiger partial charge in [0.2, 0.25) is 0 Å². The number of hydrogen-bond donors (Lipinski definition) is 1. The van der Waals surface area contributed by atoms with E-state index in [2.05, 4.69) is 29.5 Å². The van der Waals surface area contributed by atoms with Gasteiger partial charge in [0.15, 0.2) is 0 Å². The fourth-order valence-electron chi connectivity index (χ4n) is 0.109. The fraction of sp³-hybridized carbons (Fsp3) is 1.00. The molecule has 0 aliphatic heterocycles. The normalized spacial score (nSPS) is 14.5. The minimum Gasteiger partial charge on any atom is -0.327 e. The lowest BCUT2D eigenvalue weighted by atomic mass is 10.3. The zero-order valence-electron chi connectivity index (χ0n) is 3.95. The van der Waals surface area contributed by atoms with Crippen molar-refractivity contribution < 1.29 is 0 Å². The highest BCUT2D eigenvalue weighted by atomic mass is 127. The summed E-state index contributed by atoms with van der Waals surface area (Å²) in [5.41, 5.74) is 5.46. The Bertz CT molecular complexity index is 26.7. The van der Waals surface area contributed by atoms with Crippen molar-refractivity contribution in [1.82, 2.24) is 0 Å². The molecule has 0 saturated carbocycles. The number of rotatable bonds is 2. The molecule has 1 nitrogen and oxygen atoms in total. The van der Waals surface area contributed by atoms with E-state index in [4.69, 9.17) is 5.73 Å². The van der Waals surface area contributed by atoms with Crippen molar-refractivity contribution in [2.75, 3.05) is 4.43 Å². The first-order valence-corrected chi connectivity index (χ1v) is 3.65. The SMILES string of the molecule is CCC(N)CI. The molecule has 0 saturated heterocycles. The number of hydrogen-bond acceptors (Lipinski definition) is 1. The summed E-state index contributed by atoms with van der Waals surface area (Å²) in [6.45, 7) is 2.10. The summed E-state index contributed by atoms with van der Waals surface area (Å²) in [4.78, 5) is 0. The van der Waals surface area contributed by atoms with E-state index < -0.39 is 0 Å². The van der Waals surface area contributed by atoms with Crippen LogP contribution in [0.1, 0.15) is 13.3 Å². The smallest absolute Gasteiger partial charge is 0.0147 e. The molecule has 0 amide bonds. The standard InChI is InChI=1S/C4H10IN/c1-2-4(6)3-5/h4H,2-3,6H2,1H3. The van der Waals surface area contributed by atoms with Gasteiger partial charge in [-0.25, -0.2) is 0 Å². The number of nitrogens with two attached hydrogens (primary N) is 1. The molecule has 0 aromatic heterocycles. The van der Waals surface area contributed by atoms with Crippen molar-refractivity contribution >= 4 is 22.6 Å². The summed E-state index contributed by atoms with van der Waals surface area (Å²) in [5, 5.41) is 0. The highest BCUT2D eigenvalue weighted by Crippen LogP contribution is 1.90. The first kappa shape index (κ1) is 6.69. The van der Waals surface area contributed by atoms with Gasteiger partial charge in [0.1, 0.15) is 0 Å². The molecular weight excluding hydrogens is 189 g/mol. The Kier molecular flexibility index (Phi) is 4.31. The summed E-state index contributed by atoms with van der Waals surface area (Å²) in [7, 11) is 0. The van der Waals surface area contributed by atoms with Crippen molar-refractivity contribution in [2.24, 2.45) is 5.73 Å². The molecule has 0 aromatic rings. The minimum absolute atomic E-state index is 0.422. The van der Waals surface area contributed by atoms with Crippen LogP contribution >= 0.6 is 22.6 Å². The van der Waals surface area contributed by atoms with Crippen LogP contribution in [0.2, 0.25) is 0 Å². The maximum atomic E-state index is 5.46. The van der Waals surface area contributed by atoms with Gasteiger partial charge in [0, 0.05) is 10.5 Å². The van der Waals surface area contributed by atoms with Gasteiger partial charge >= 0.3 is 0 Å². The van der Waals surface area contributed by atoms with Crippen LogP contribution in [0, 0.1) is 0 Å². The quantitative estimate of drug-likeness (QED) is 0.524. The first-order valence-electron chi connectivity index (χ1n) is 2.12. The van der Waals surface area contributed by atoms with Crippen LogP contribution in [0.15, 0.2) is 0 Å². The summed E-state index contributed by atoms with van der Waals surface area (Å²) in [5.74, 6) is 0. The Labute approximate surface area is 52.4 Å². The molecular formula is C4H10IN. The maximum Gasteiger partial charge on any atom is 0.0147 e. The van der Waals surface area contributed by atoms with Gasteiger partial charge in [-0.05, 0) is 6.42 Å². The molecule has 0 radical (unpaired) electrons. The van der Waals surface area contributed by atoms with E-state index in [-0.39, 0.29) is 0 Å². The summed E-state index contributed by atoms with van der Waals surface area (Å²) >= 11 is 2.29. The lowest BCUT2D eigenvalue weighted by Crippen LogP contribution is -2.19. The largest absolute Gasteiger partial charge is 0.327 e. The molecule has 38 valence electrons. The van der Waals surface area contributed by atoms with E-state index in [0.717, 1.165) is 10.8 Å². The third-order valence-electron chi connectivity index (χ3n) is 0.723. The topological polar surface area (TPSA) is 26.0 Å². The van der Waals surface area contributed by atoms with Crippen molar-refractivity contribution in [3.63, 3.8) is 0 Å². The lowest BCUT2D eigenvalue weighted by molar-refractivity contribution is 0.734. The highest BCUT2D eigenvalue weighted by Gasteiger charge is 1.90. The molecule has 2 heteroatoms. The van der Waals surface area contributed by atoms with Crippen LogP contribution < -0.4 is 5.73 Å². The molecule has 0 aliphatic rings. The van der Waals surface area contributed by atoms with Crippen molar-refractivity contribution in [1.29, 1.82) is 0 Å². The van der Waals surface area contributed by atoms with Crippen molar-refractivity contribution in [3.05, 3.63) is 0 Å². The van der Waals surface area contributed by atoms with Gasteiger partial charge < -0.3 is 5.73 Å². The average Bonchev–Trinajstić information content (AvgIpc) is 1.65. The van der Waals surface area contributed by atoms with Gasteiger partial charge in [-0.2, -0.15) is 0 Å². The molecule has 0 aliphatic carbocycles. The van der Waals surface area contributed by atoms with Crippen LogP contribution in [-0.2, 0) is 0 Å². The highest BCUT2D eigenvalue weighted by molar-refractivity contribution is 14.1. The Hall–Kier alpha value is 0.690. The van der Waals surface area contributed by atoms with E-state index >= 15 is 0 Å². The molecule has 0 spiro atoms. The van der Waals surface area contributed by atoms with Crippen LogP contribution in [0.25, 0.3) is 0 Å². The van der Waals surface area contributed by atoms with Gasteiger partial charge in [0.25, 0.3) is 0 Å². The van der Waals surface area contributed by atoms with Gasteiger partial charge in [-0.3, -0.25) is 0 Å². The third-order valence-corrected chi connectivity index (χ3v) is 1.85. The minimum atomic E-state index is 0.422. The van der Waals surface area contributed by atoms with E-state index in [9.17, 15) is 0 Å². The molecule has 6 heavy (non-hydrogen) atoms. The molecule has 2 N–H and O–H groups in total. The Morgan fingerprint density at radius 1 is 1.83 bits per heavy atom. The van der Waals surface area contributed by atoms with Crippen LogP contribution in [0.4, 0.5) is 0 Å². The lowest BCUT2D eigenvalue weighted by Gasteiger charge is -1.98. The second-order valence-corrected chi connectivity index (χ2v) is 2.20. The van der Waals surface area contributed by atoms with E-state index in [1.54, 1.807) is 0 Å². The van der Waals surface area contributed by atoms with Gasteiger partial charge in [-0.1, -0.05) is 29.5 Å². The van der Waals surface area contributed by atoms with E-state index in [1.807, 2.05) is 0 Å². The fourth-order valence-corrected chi connectivity index (χ4v) is 0.732. The summed E-state index contributed by atoms with van der Waals surface area (Å²) < 4.78 is 1.08. The summed E-state index contributed by atoms with van der Waals surface area (Å²) in [6, 6.07) is 0.422. The number of alkyl halides is 1. The van der Waals surface area contributed by atoms with Crippen LogP contribution in [0.3, 0.4) is 0 Å². The van der Waals surface area contributed by atoms with E-state index in [0.29, 0.717) is 6.04 Å². The summed E-state index contributed by atoms with van der Waals surface area (Å²) in [6.07, 6.45) is 1.10. The Morgan fingerprint density at radius 2 is 2.33 bits per heavy atom. The second kappa shape index (κ2) is 3.87. The molecule has 0 rings (SSSR count). The first-order chi connectivity index (χ1) is 2.81. The van der Waals surface area contributed by atoms with Crippen molar-refractivity contribution in [3.8, 4) is 0 Å². The molecule has 1 unspecified atom stereocenters. The predicted octanol–water partition coefficient (Wildman–Crippen LogP) is 1.16. The van der Waals surface area contributed by atoms with Crippen molar-refractivity contribution in [2.45, 2.75) is 19.4 Å². The van der Waals surface area contributed by atoms with Crippen LogP contribution in [-0.4, -0.2) is 10.5 Å². The average molecular weight is 199 g/mol. The maximum absolute atomic E-state index is 5.46. The number of halogens is 1. The molecule has 1 atom stereocenters. The predicted molar refractivity (Wildman–Crippen MR) is 37.2 cm³/mol. The third kappa shape index (κ3) is 2.90. The van der Waals surface area contributed by atoms with E-state index in [1.165, 1.54) is 0 Å². The second-order valence-electron chi connectivity index (χ2n) is 1.32. The van der Waals surface area contributed by atoms with Gasteiger partial charge in [-0.15, -0.1) is 0 Å². The zero-order valence-corrected chi connectivity index (χ0v) is 6.10. The Morgan fingerprint density at radius 3 is 2.33 bits per heavy atom. The Balaban J connectivity index is 2.75. The monoisotopic (exact) mass is 199 g/mol.